The zero-order chi connectivity index (χ0) is 19.0. The summed E-state index contributed by atoms with van der Waals surface area (Å²) in [5.74, 6) is -3.15. The fourth-order valence-corrected chi connectivity index (χ4v) is 2.49. The molecule has 10 nitrogen and oxygen atoms in total. The van der Waals surface area contributed by atoms with E-state index in [4.69, 9.17) is 14.9 Å². The molecule has 0 radical (unpaired) electrons. The SMILES string of the molecule is CC(C)(C)OC(=O)N1CCC(F)(Cn2nnc(C(=O)O)c2C(=O)O)C1. The zero-order valence-electron chi connectivity index (χ0n) is 14.0. The number of aromatic carboxylic acids is 2. The van der Waals surface area contributed by atoms with E-state index < -0.39 is 47.2 Å². The van der Waals surface area contributed by atoms with Gasteiger partial charge in [0.25, 0.3) is 0 Å². The lowest BCUT2D eigenvalue weighted by Gasteiger charge is -2.25. The number of halogens is 1. The third-order valence-corrected chi connectivity index (χ3v) is 3.53. The summed E-state index contributed by atoms with van der Waals surface area (Å²) in [7, 11) is 0. The van der Waals surface area contributed by atoms with Crippen LogP contribution in [0.3, 0.4) is 0 Å². The summed E-state index contributed by atoms with van der Waals surface area (Å²) in [5.41, 5.74) is -4.17. The number of hydrogen-bond donors (Lipinski definition) is 2. The number of nitrogens with zero attached hydrogens (tertiary/aromatic N) is 4. The van der Waals surface area contributed by atoms with Crippen molar-refractivity contribution >= 4 is 18.0 Å². The predicted molar refractivity (Wildman–Crippen MR) is 80.2 cm³/mol. The maximum atomic E-state index is 15.0. The number of hydrogen-bond acceptors (Lipinski definition) is 6. The van der Waals surface area contributed by atoms with Crippen LogP contribution in [0.2, 0.25) is 0 Å². The van der Waals surface area contributed by atoms with Crippen molar-refractivity contribution in [1.29, 1.82) is 0 Å². The molecule has 1 aromatic rings. The minimum Gasteiger partial charge on any atom is -0.476 e. The van der Waals surface area contributed by atoms with E-state index in [-0.39, 0.29) is 19.5 Å². The Kier molecular flexibility index (Phi) is 4.69. The van der Waals surface area contributed by atoms with Gasteiger partial charge in [0.05, 0.1) is 13.1 Å². The van der Waals surface area contributed by atoms with Crippen molar-refractivity contribution in [2.24, 2.45) is 0 Å². The molecule has 0 aromatic carbocycles. The Labute approximate surface area is 142 Å². The van der Waals surface area contributed by atoms with Crippen molar-refractivity contribution in [2.45, 2.75) is 45.0 Å². The van der Waals surface area contributed by atoms with Crippen LogP contribution < -0.4 is 0 Å². The molecule has 1 unspecified atom stereocenters. The standard InChI is InChI=1S/C14H19FN4O6/c1-13(2,3)25-12(24)18-5-4-14(15,6-18)7-19-9(11(22)23)8(10(20)21)16-17-19/h4-7H2,1-3H3,(H,20,21)(H,22,23). The topological polar surface area (TPSA) is 135 Å². The molecule has 2 rings (SSSR count). The van der Waals surface area contributed by atoms with E-state index in [0.717, 1.165) is 0 Å². The normalized spacial score (nSPS) is 20.6. The van der Waals surface area contributed by atoms with Crippen molar-refractivity contribution in [3.8, 4) is 0 Å². The number of ether oxygens (including phenoxy) is 1. The van der Waals surface area contributed by atoms with E-state index in [9.17, 15) is 14.4 Å². The lowest BCUT2D eigenvalue weighted by atomic mass is 10.1. The highest BCUT2D eigenvalue weighted by molar-refractivity contribution is 5.98. The van der Waals surface area contributed by atoms with Crippen LogP contribution in [-0.2, 0) is 11.3 Å². The molecule has 25 heavy (non-hydrogen) atoms. The van der Waals surface area contributed by atoms with Crippen molar-refractivity contribution in [1.82, 2.24) is 19.9 Å². The van der Waals surface area contributed by atoms with Crippen LogP contribution in [-0.4, -0.2) is 72.5 Å². The molecular weight excluding hydrogens is 339 g/mol. The summed E-state index contributed by atoms with van der Waals surface area (Å²) in [6, 6.07) is 0. The molecule has 2 heterocycles. The first-order valence-electron chi connectivity index (χ1n) is 7.49. The fraction of sp³-hybridized carbons (Fsp3) is 0.643. The van der Waals surface area contributed by atoms with E-state index in [1.165, 1.54) is 4.90 Å². The Morgan fingerprint density at radius 1 is 1.28 bits per heavy atom. The van der Waals surface area contributed by atoms with E-state index in [0.29, 0.717) is 4.68 Å². The number of amides is 1. The van der Waals surface area contributed by atoms with Crippen LogP contribution >= 0.6 is 0 Å². The van der Waals surface area contributed by atoms with Gasteiger partial charge in [-0.3, -0.25) is 0 Å². The first kappa shape index (κ1) is 18.6. The Balaban J connectivity index is 2.15. The molecule has 2 N–H and O–H groups in total. The third kappa shape index (κ3) is 4.22. The highest BCUT2D eigenvalue weighted by Gasteiger charge is 2.43. The average molecular weight is 358 g/mol. The van der Waals surface area contributed by atoms with E-state index >= 15 is 4.39 Å². The Morgan fingerprint density at radius 3 is 2.44 bits per heavy atom. The van der Waals surface area contributed by atoms with Gasteiger partial charge in [-0.05, 0) is 20.8 Å². The summed E-state index contributed by atoms with van der Waals surface area (Å²) < 4.78 is 20.9. The maximum Gasteiger partial charge on any atom is 0.410 e. The van der Waals surface area contributed by atoms with E-state index in [1.807, 2.05) is 0 Å². The molecule has 1 aromatic heterocycles. The summed E-state index contributed by atoms with van der Waals surface area (Å²) >= 11 is 0. The number of aromatic nitrogens is 3. The van der Waals surface area contributed by atoms with Crippen LogP contribution in [0.4, 0.5) is 9.18 Å². The molecule has 0 aliphatic carbocycles. The van der Waals surface area contributed by atoms with Gasteiger partial charge in [-0.15, -0.1) is 5.10 Å². The molecule has 1 aliphatic rings. The average Bonchev–Trinajstić information content (AvgIpc) is 3.01. The summed E-state index contributed by atoms with van der Waals surface area (Å²) in [5, 5.41) is 24.8. The van der Waals surface area contributed by atoms with Gasteiger partial charge >= 0.3 is 18.0 Å². The Morgan fingerprint density at radius 2 is 1.92 bits per heavy atom. The highest BCUT2D eigenvalue weighted by atomic mass is 19.1. The quantitative estimate of drug-likeness (QED) is 0.814. The van der Waals surface area contributed by atoms with Gasteiger partial charge in [0, 0.05) is 13.0 Å². The monoisotopic (exact) mass is 358 g/mol. The van der Waals surface area contributed by atoms with Crippen molar-refractivity contribution in [2.75, 3.05) is 13.1 Å². The molecule has 0 bridgehead atoms. The van der Waals surface area contributed by atoms with Gasteiger partial charge in [-0.1, -0.05) is 5.21 Å². The van der Waals surface area contributed by atoms with Gasteiger partial charge in [0.15, 0.2) is 5.69 Å². The first-order valence-corrected chi connectivity index (χ1v) is 7.49. The van der Waals surface area contributed by atoms with E-state index in [1.54, 1.807) is 20.8 Å². The van der Waals surface area contributed by atoms with Crippen LogP contribution in [0, 0.1) is 0 Å². The third-order valence-electron chi connectivity index (χ3n) is 3.53. The molecular formula is C14H19FN4O6. The van der Waals surface area contributed by atoms with Crippen LogP contribution in [0.15, 0.2) is 0 Å². The zero-order valence-corrected chi connectivity index (χ0v) is 14.0. The Bertz CT molecular complexity index is 713. The summed E-state index contributed by atoms with van der Waals surface area (Å²) in [6.07, 6.45) is -0.733. The predicted octanol–water partition coefficient (Wildman–Crippen LogP) is 1.02. The minimum absolute atomic E-state index is 0.0619. The van der Waals surface area contributed by atoms with Gasteiger partial charge < -0.3 is 19.8 Å². The van der Waals surface area contributed by atoms with Crippen molar-refractivity contribution < 1.29 is 33.7 Å². The molecule has 1 aliphatic heterocycles. The second kappa shape index (κ2) is 6.30. The smallest absolute Gasteiger partial charge is 0.410 e. The molecule has 0 saturated carbocycles. The lowest BCUT2D eigenvalue weighted by Crippen LogP contribution is -2.39. The summed E-state index contributed by atoms with van der Waals surface area (Å²) in [4.78, 5) is 35.4. The lowest BCUT2D eigenvalue weighted by molar-refractivity contribution is 0.0246. The number of rotatable bonds is 4. The first-order chi connectivity index (χ1) is 11.4. The molecule has 138 valence electrons. The molecule has 11 heteroatoms. The van der Waals surface area contributed by atoms with Gasteiger partial charge in [0.2, 0.25) is 5.69 Å². The number of carboxylic acid groups (broad SMARTS) is 2. The van der Waals surface area contributed by atoms with Crippen LogP contribution in [0.1, 0.15) is 48.2 Å². The van der Waals surface area contributed by atoms with Gasteiger partial charge in [-0.2, -0.15) is 0 Å². The second-order valence-electron chi connectivity index (χ2n) is 6.86. The number of carbonyl (C=O) groups excluding carboxylic acids is 1. The molecule has 1 saturated heterocycles. The summed E-state index contributed by atoms with van der Waals surface area (Å²) in [6.45, 7) is 4.30. The molecule has 1 amide bonds. The number of likely N-dealkylation sites (tertiary alicyclic amines) is 1. The molecule has 1 atom stereocenters. The number of carboxylic acids is 2. The van der Waals surface area contributed by atoms with Gasteiger partial charge in [0.1, 0.15) is 11.3 Å². The Hall–Kier alpha value is -2.72. The van der Waals surface area contributed by atoms with Gasteiger partial charge in [-0.25, -0.2) is 23.5 Å². The van der Waals surface area contributed by atoms with Crippen molar-refractivity contribution in [3.05, 3.63) is 11.4 Å². The second-order valence-corrected chi connectivity index (χ2v) is 6.86. The van der Waals surface area contributed by atoms with Crippen LogP contribution in [0.5, 0.6) is 0 Å². The van der Waals surface area contributed by atoms with Crippen molar-refractivity contribution in [3.63, 3.8) is 0 Å². The largest absolute Gasteiger partial charge is 0.476 e. The molecule has 0 spiro atoms. The number of carbonyl (C=O) groups is 3. The molecule has 1 fully saturated rings. The minimum atomic E-state index is -1.97. The maximum absolute atomic E-state index is 15.0. The van der Waals surface area contributed by atoms with Crippen LogP contribution in [0.25, 0.3) is 0 Å². The van der Waals surface area contributed by atoms with E-state index in [2.05, 4.69) is 10.3 Å². The highest BCUT2D eigenvalue weighted by Crippen LogP contribution is 2.29. The fourth-order valence-electron chi connectivity index (χ4n) is 2.49. The number of alkyl halides is 1.